The minimum atomic E-state index is -1.29. The molecule has 0 spiro atoms. The molecule has 3 rings (SSSR count). The fourth-order valence-corrected chi connectivity index (χ4v) is 4.09. The Morgan fingerprint density at radius 2 is 1.73 bits per heavy atom. The number of amides is 4. The lowest BCUT2D eigenvalue weighted by Crippen LogP contribution is -2.54. The van der Waals surface area contributed by atoms with Crippen LogP contribution >= 0.6 is 0 Å². The van der Waals surface area contributed by atoms with Gasteiger partial charge >= 0.3 is 6.09 Å². The van der Waals surface area contributed by atoms with Gasteiger partial charge in [0.15, 0.2) is 0 Å². The number of nitrogens with zero attached hydrogens (tertiary/aromatic N) is 1. The van der Waals surface area contributed by atoms with E-state index < -0.39 is 47.9 Å². The van der Waals surface area contributed by atoms with Crippen LogP contribution in [0.1, 0.15) is 62.8 Å². The summed E-state index contributed by atoms with van der Waals surface area (Å²) in [5, 5.41) is 5.46. The molecule has 198 valence electrons. The van der Waals surface area contributed by atoms with Crippen LogP contribution in [0.3, 0.4) is 0 Å². The summed E-state index contributed by atoms with van der Waals surface area (Å²) in [5.74, 6) is -1.73. The Labute approximate surface area is 217 Å². The maximum atomic E-state index is 14.0. The van der Waals surface area contributed by atoms with Crippen molar-refractivity contribution in [2.75, 3.05) is 5.32 Å². The van der Waals surface area contributed by atoms with E-state index in [9.17, 15) is 19.2 Å². The van der Waals surface area contributed by atoms with Gasteiger partial charge in [-0.05, 0) is 64.7 Å². The van der Waals surface area contributed by atoms with Crippen LogP contribution in [0.15, 0.2) is 48.5 Å². The van der Waals surface area contributed by atoms with E-state index in [0.29, 0.717) is 24.1 Å². The number of primary amides is 1. The summed E-state index contributed by atoms with van der Waals surface area (Å²) in [4.78, 5) is 53.6. The van der Waals surface area contributed by atoms with Crippen molar-refractivity contribution in [1.82, 2.24) is 10.2 Å². The number of alkyl carbamates (subject to hydrolysis) is 1. The molecule has 0 radical (unpaired) electrons. The third kappa shape index (κ3) is 7.80. The van der Waals surface area contributed by atoms with Crippen LogP contribution < -0.4 is 16.4 Å². The summed E-state index contributed by atoms with van der Waals surface area (Å²) in [6, 6.07) is 12.3. The van der Waals surface area contributed by atoms with Gasteiger partial charge in [-0.2, -0.15) is 0 Å². The highest BCUT2D eigenvalue weighted by atomic mass is 16.6. The number of hydrogen-bond donors (Lipinski definition) is 3. The van der Waals surface area contributed by atoms with Gasteiger partial charge in [0.25, 0.3) is 5.91 Å². The lowest BCUT2D eigenvalue weighted by Gasteiger charge is -2.34. The first kappa shape index (κ1) is 27.7. The summed E-state index contributed by atoms with van der Waals surface area (Å²) < 4.78 is 5.30. The van der Waals surface area contributed by atoms with Crippen molar-refractivity contribution in [2.24, 2.45) is 5.73 Å². The zero-order valence-electron chi connectivity index (χ0n) is 22.0. The molecule has 9 nitrogen and oxygen atoms in total. The average Bonchev–Trinajstić information content (AvgIpc) is 3.61. The molecule has 4 N–H and O–H groups in total. The zero-order chi connectivity index (χ0) is 27.3. The molecule has 1 saturated carbocycles. The van der Waals surface area contributed by atoms with Gasteiger partial charge in [0.2, 0.25) is 11.8 Å². The topological polar surface area (TPSA) is 131 Å². The fraction of sp³-hybridized carbons (Fsp3) is 0.429. The van der Waals surface area contributed by atoms with E-state index in [0.717, 1.165) is 11.1 Å². The van der Waals surface area contributed by atoms with Crippen LogP contribution in [0.4, 0.5) is 10.5 Å². The average molecular weight is 509 g/mol. The maximum Gasteiger partial charge on any atom is 0.408 e. The molecular formula is C28H36N4O5. The number of rotatable bonds is 9. The number of hydrogen-bond acceptors (Lipinski definition) is 5. The Morgan fingerprint density at radius 1 is 1.05 bits per heavy atom. The van der Waals surface area contributed by atoms with Gasteiger partial charge in [-0.3, -0.25) is 14.4 Å². The standard InChI is InChI=1S/C28H36N4O5/c1-17-9-8-11-19(15-17)24(25(34)30-21-12-7-6-10-18(21)2)32(20-13-14-20)26(35)22(16-23(29)33)31-27(36)37-28(3,4)5/h6-12,15,20,22,24H,13-14,16H2,1-5H3,(H2,29,33)(H,30,34)(H,31,36). The number of para-hydroxylation sites is 1. The number of nitrogens with two attached hydrogens (primary N) is 1. The molecule has 0 heterocycles. The smallest absolute Gasteiger partial charge is 0.408 e. The van der Waals surface area contributed by atoms with E-state index >= 15 is 0 Å². The summed E-state index contributed by atoms with van der Waals surface area (Å²) in [5.41, 5.74) is 7.68. The van der Waals surface area contributed by atoms with Gasteiger partial charge in [-0.1, -0.05) is 48.0 Å². The summed E-state index contributed by atoms with van der Waals surface area (Å²) in [6.45, 7) is 8.87. The third-order valence-electron chi connectivity index (χ3n) is 5.88. The van der Waals surface area contributed by atoms with Gasteiger partial charge in [-0.15, -0.1) is 0 Å². The molecule has 0 bridgehead atoms. The molecule has 4 amide bonds. The second-order valence-corrected chi connectivity index (χ2v) is 10.5. The Balaban J connectivity index is 2.00. The van der Waals surface area contributed by atoms with E-state index in [4.69, 9.17) is 10.5 Å². The number of carbonyl (C=O) groups is 4. The van der Waals surface area contributed by atoms with Crippen molar-refractivity contribution in [1.29, 1.82) is 0 Å². The monoisotopic (exact) mass is 508 g/mol. The highest BCUT2D eigenvalue weighted by molar-refractivity contribution is 6.00. The molecule has 0 aromatic heterocycles. The predicted molar refractivity (Wildman–Crippen MR) is 141 cm³/mol. The van der Waals surface area contributed by atoms with Crippen LogP contribution in [0.5, 0.6) is 0 Å². The number of benzene rings is 2. The summed E-state index contributed by atoms with van der Waals surface area (Å²) in [7, 11) is 0. The molecule has 1 fully saturated rings. The molecule has 37 heavy (non-hydrogen) atoms. The molecule has 9 heteroatoms. The Morgan fingerprint density at radius 3 is 2.30 bits per heavy atom. The molecule has 2 atom stereocenters. The van der Waals surface area contributed by atoms with Gasteiger partial charge < -0.3 is 26.0 Å². The van der Waals surface area contributed by atoms with Gasteiger partial charge in [0, 0.05) is 11.7 Å². The van der Waals surface area contributed by atoms with Gasteiger partial charge in [0.1, 0.15) is 17.7 Å². The molecule has 1 aliphatic carbocycles. The van der Waals surface area contributed by atoms with Crippen LogP contribution in [-0.2, 0) is 19.1 Å². The lowest BCUT2D eigenvalue weighted by atomic mass is 9.99. The second kappa shape index (κ2) is 11.5. The van der Waals surface area contributed by atoms with Gasteiger partial charge in [-0.25, -0.2) is 4.79 Å². The van der Waals surface area contributed by atoms with Crippen molar-refractivity contribution in [3.05, 3.63) is 65.2 Å². The maximum absolute atomic E-state index is 14.0. The van der Waals surface area contributed by atoms with E-state index in [2.05, 4.69) is 10.6 Å². The molecule has 0 saturated heterocycles. The largest absolute Gasteiger partial charge is 0.444 e. The van der Waals surface area contributed by atoms with E-state index in [-0.39, 0.29) is 6.04 Å². The number of nitrogens with one attached hydrogen (secondary N) is 2. The van der Waals surface area contributed by atoms with Crippen molar-refractivity contribution in [3.63, 3.8) is 0 Å². The number of ether oxygens (including phenoxy) is 1. The predicted octanol–water partition coefficient (Wildman–Crippen LogP) is 3.74. The van der Waals surface area contributed by atoms with E-state index in [1.54, 1.807) is 32.9 Å². The number of aryl methyl sites for hydroxylation is 2. The highest BCUT2D eigenvalue weighted by Crippen LogP contribution is 2.36. The molecule has 2 aromatic rings. The van der Waals surface area contributed by atoms with Crippen LogP contribution in [0.25, 0.3) is 0 Å². The fourth-order valence-electron chi connectivity index (χ4n) is 4.09. The first-order chi connectivity index (χ1) is 17.4. The normalized spacial score (nSPS) is 14.7. The first-order valence-corrected chi connectivity index (χ1v) is 12.4. The first-order valence-electron chi connectivity index (χ1n) is 12.4. The quantitative estimate of drug-likeness (QED) is 0.475. The molecule has 2 unspecified atom stereocenters. The second-order valence-electron chi connectivity index (χ2n) is 10.5. The Kier molecular flexibility index (Phi) is 8.57. The minimum absolute atomic E-state index is 0.226. The van der Waals surface area contributed by atoms with E-state index in [1.807, 2.05) is 50.2 Å². The summed E-state index contributed by atoms with van der Waals surface area (Å²) >= 11 is 0. The van der Waals surface area contributed by atoms with Crippen LogP contribution in [-0.4, -0.2) is 46.4 Å². The SMILES string of the molecule is Cc1cccc(C(C(=O)Nc2ccccc2C)N(C(=O)C(CC(N)=O)NC(=O)OC(C)(C)C)C2CC2)c1. The Hall–Kier alpha value is -3.88. The van der Waals surface area contributed by atoms with Gasteiger partial charge in [0.05, 0.1) is 6.42 Å². The third-order valence-corrected chi connectivity index (χ3v) is 5.88. The summed E-state index contributed by atoms with van der Waals surface area (Å²) in [6.07, 6.45) is 0.115. The molecule has 0 aliphatic heterocycles. The Bertz CT molecular complexity index is 1170. The van der Waals surface area contributed by atoms with Crippen molar-refractivity contribution >= 4 is 29.5 Å². The molecule has 1 aliphatic rings. The zero-order valence-corrected chi connectivity index (χ0v) is 22.0. The number of anilines is 1. The van der Waals surface area contributed by atoms with Crippen molar-refractivity contribution in [3.8, 4) is 0 Å². The van der Waals surface area contributed by atoms with Crippen molar-refractivity contribution in [2.45, 2.75) is 77.6 Å². The number of carbonyl (C=O) groups excluding carboxylic acids is 4. The highest BCUT2D eigenvalue weighted by Gasteiger charge is 2.44. The van der Waals surface area contributed by atoms with Crippen LogP contribution in [0, 0.1) is 13.8 Å². The van der Waals surface area contributed by atoms with E-state index in [1.165, 1.54) is 4.90 Å². The van der Waals surface area contributed by atoms with Crippen LogP contribution in [0.2, 0.25) is 0 Å². The molecule has 2 aromatic carbocycles. The lowest BCUT2D eigenvalue weighted by molar-refractivity contribution is -0.142. The minimum Gasteiger partial charge on any atom is -0.444 e. The molecular weight excluding hydrogens is 472 g/mol. The van der Waals surface area contributed by atoms with Crippen molar-refractivity contribution < 1.29 is 23.9 Å².